The van der Waals surface area contributed by atoms with Crippen molar-refractivity contribution in [1.29, 1.82) is 0 Å². The van der Waals surface area contributed by atoms with Crippen LogP contribution in [0.2, 0.25) is 0 Å². The van der Waals surface area contributed by atoms with Crippen molar-refractivity contribution in [3.8, 4) is 5.75 Å². The van der Waals surface area contributed by atoms with Gasteiger partial charge >= 0.3 is 0 Å². The van der Waals surface area contributed by atoms with E-state index in [0.717, 1.165) is 53.4 Å². The van der Waals surface area contributed by atoms with Crippen LogP contribution in [0.5, 0.6) is 5.75 Å². The van der Waals surface area contributed by atoms with Gasteiger partial charge in [0.1, 0.15) is 24.4 Å². The molecule has 190 valence electrons. The molecule has 0 unspecified atom stereocenters. The van der Waals surface area contributed by atoms with E-state index >= 15 is 0 Å². The van der Waals surface area contributed by atoms with Gasteiger partial charge in [0, 0.05) is 35.9 Å². The monoisotopic (exact) mass is 501 g/mol. The molecule has 8 rings (SSSR count). The molecule has 2 N–H and O–H groups in total. The van der Waals surface area contributed by atoms with Crippen LogP contribution in [0, 0.1) is 11.8 Å². The van der Waals surface area contributed by atoms with Gasteiger partial charge in [-0.25, -0.2) is 0 Å². The van der Waals surface area contributed by atoms with Crippen molar-refractivity contribution >= 4 is 32.4 Å². The molecule has 0 spiro atoms. The van der Waals surface area contributed by atoms with Crippen LogP contribution in [0.3, 0.4) is 0 Å². The van der Waals surface area contributed by atoms with Crippen LogP contribution in [0.25, 0.3) is 32.4 Å². The fraction of sp³-hybridized carbons (Fsp3) is 0.265. The number of hydrogen-bond donors (Lipinski definition) is 2. The molecule has 3 saturated heterocycles. The van der Waals surface area contributed by atoms with Gasteiger partial charge in [-0.1, -0.05) is 54.6 Å². The van der Waals surface area contributed by atoms with E-state index in [0.29, 0.717) is 11.8 Å². The predicted octanol–water partition coefficient (Wildman–Crippen LogP) is 6.89. The van der Waals surface area contributed by atoms with Gasteiger partial charge < -0.3 is 14.7 Å². The maximum absolute atomic E-state index is 12.1. The molecule has 3 aliphatic rings. The summed E-state index contributed by atoms with van der Waals surface area (Å²) in [6, 6.07) is 26.9. The number of rotatable bonds is 5. The maximum Gasteiger partial charge on any atom is 0.131 e. The van der Waals surface area contributed by atoms with E-state index in [4.69, 9.17) is 0 Å². The summed E-state index contributed by atoms with van der Waals surface area (Å²) in [5.74, 6) is 1.19. The minimum Gasteiger partial charge on any atom is -0.508 e. The fourth-order valence-corrected chi connectivity index (χ4v) is 7.60. The fourth-order valence-electron chi connectivity index (χ4n) is 7.60. The lowest BCUT2D eigenvalue weighted by Crippen LogP contribution is -2.67. The first-order valence-electron chi connectivity index (χ1n) is 13.7. The van der Waals surface area contributed by atoms with Crippen molar-refractivity contribution in [2.45, 2.75) is 31.5 Å². The number of nitrogens with zero attached hydrogens (tertiary/aromatic N) is 2. The Hall–Kier alpha value is -3.73. The molecule has 4 nitrogen and oxygen atoms in total. The second-order valence-corrected chi connectivity index (χ2v) is 11.4. The van der Waals surface area contributed by atoms with Crippen molar-refractivity contribution in [1.82, 2.24) is 4.98 Å². The first kappa shape index (κ1) is 23.4. The highest BCUT2D eigenvalue weighted by Gasteiger charge is 2.54. The number of fused-ring (bicyclic) bond motifs is 6. The van der Waals surface area contributed by atoms with E-state index in [9.17, 15) is 10.2 Å². The largest absolute Gasteiger partial charge is 0.508 e. The Bertz CT molecular complexity index is 1640. The average molecular weight is 502 g/mol. The van der Waals surface area contributed by atoms with Gasteiger partial charge in [0.2, 0.25) is 0 Å². The van der Waals surface area contributed by atoms with Crippen LogP contribution >= 0.6 is 0 Å². The molecular weight excluding hydrogens is 468 g/mol. The lowest BCUT2D eigenvalue weighted by molar-refractivity contribution is -0.984. The maximum atomic E-state index is 12.1. The highest BCUT2D eigenvalue weighted by Crippen LogP contribution is 2.49. The van der Waals surface area contributed by atoms with Crippen LogP contribution in [-0.2, 0) is 6.54 Å². The lowest BCUT2D eigenvalue weighted by atomic mass is 9.71. The van der Waals surface area contributed by atoms with Crippen molar-refractivity contribution in [2.75, 3.05) is 13.1 Å². The Labute approximate surface area is 223 Å². The van der Waals surface area contributed by atoms with Gasteiger partial charge in [0.25, 0.3) is 0 Å². The summed E-state index contributed by atoms with van der Waals surface area (Å²) in [5.41, 5.74) is 3.03. The molecular formula is C34H33N2O2+. The third-order valence-corrected chi connectivity index (χ3v) is 9.47. The van der Waals surface area contributed by atoms with Gasteiger partial charge in [0.05, 0.1) is 18.6 Å². The Morgan fingerprint density at radius 2 is 1.68 bits per heavy atom. The van der Waals surface area contributed by atoms with Gasteiger partial charge in [0.15, 0.2) is 0 Å². The molecule has 4 heteroatoms. The number of hydrogen-bond acceptors (Lipinski definition) is 3. The molecule has 4 heterocycles. The van der Waals surface area contributed by atoms with E-state index in [-0.39, 0.29) is 11.8 Å². The molecule has 3 fully saturated rings. The number of aliphatic hydroxyl groups is 1. The average Bonchev–Trinajstić information content (AvgIpc) is 2.96. The normalized spacial score (nSPS) is 25.7. The summed E-state index contributed by atoms with van der Waals surface area (Å²) in [4.78, 5) is 4.50. The highest BCUT2D eigenvalue weighted by molar-refractivity contribution is 6.02. The third-order valence-electron chi connectivity index (χ3n) is 9.47. The van der Waals surface area contributed by atoms with E-state index in [1.807, 2.05) is 12.1 Å². The van der Waals surface area contributed by atoms with E-state index < -0.39 is 6.10 Å². The zero-order valence-electron chi connectivity index (χ0n) is 21.5. The van der Waals surface area contributed by atoms with Crippen LogP contribution in [0.1, 0.15) is 30.1 Å². The SMILES string of the molecule is C=C[C@H]1C[N@+]2(Cc3c4ccccc4cc4ccccc34)CC[C@H]1C[C@@H]2[C@H](O)c1ccnc2ccc(O)cc12. The molecule has 38 heavy (non-hydrogen) atoms. The van der Waals surface area contributed by atoms with Gasteiger partial charge in [-0.3, -0.25) is 4.98 Å². The number of aliphatic hydroxyl groups excluding tert-OH is 1. The molecule has 0 saturated carbocycles. The Morgan fingerprint density at radius 3 is 2.42 bits per heavy atom. The molecule has 0 amide bonds. The zero-order valence-corrected chi connectivity index (χ0v) is 21.5. The molecule has 0 aliphatic carbocycles. The number of quaternary nitrogens is 1. The number of pyridine rings is 1. The number of phenols is 1. The topological polar surface area (TPSA) is 53.4 Å². The van der Waals surface area contributed by atoms with Crippen molar-refractivity contribution in [3.63, 3.8) is 0 Å². The summed E-state index contributed by atoms with van der Waals surface area (Å²) < 4.78 is 0.842. The molecule has 5 atom stereocenters. The third kappa shape index (κ3) is 3.63. The molecule has 4 aromatic carbocycles. The predicted molar refractivity (Wildman–Crippen MR) is 154 cm³/mol. The van der Waals surface area contributed by atoms with E-state index in [2.05, 4.69) is 72.2 Å². The second-order valence-electron chi connectivity index (χ2n) is 11.4. The van der Waals surface area contributed by atoms with E-state index in [1.54, 1.807) is 18.3 Å². The number of piperidine rings is 3. The lowest BCUT2D eigenvalue weighted by Gasteiger charge is -2.58. The summed E-state index contributed by atoms with van der Waals surface area (Å²) in [7, 11) is 0. The molecule has 1 aromatic heterocycles. The smallest absolute Gasteiger partial charge is 0.131 e. The standard InChI is InChI=1S/C34H32N2O2/c1-2-22-20-36(21-31-27-9-5-3-7-24(27)17-25-8-4-6-10-28(25)31)16-14-23(22)18-33(36)34(38)29-13-15-35-32-12-11-26(37)19-30(29)32/h2-13,15,17,19,22-23,33-34,38H,1,14,16,18,20-21H2/p+1/t22-,23-,33+,34+,36-/m0/s1. The quantitative estimate of drug-likeness (QED) is 0.157. The van der Waals surface area contributed by atoms with Crippen LogP contribution < -0.4 is 0 Å². The second kappa shape index (κ2) is 8.93. The van der Waals surface area contributed by atoms with Gasteiger partial charge in [-0.2, -0.15) is 0 Å². The first-order chi connectivity index (χ1) is 18.6. The Balaban J connectivity index is 1.39. The summed E-state index contributed by atoms with van der Waals surface area (Å²) >= 11 is 0. The molecule has 5 aromatic rings. The minimum absolute atomic E-state index is 0.0515. The van der Waals surface area contributed by atoms with Gasteiger partial charge in [-0.15, -0.1) is 6.58 Å². The van der Waals surface area contributed by atoms with Gasteiger partial charge in [-0.05, 0) is 63.4 Å². The molecule has 3 aliphatic heterocycles. The summed E-state index contributed by atoms with van der Waals surface area (Å²) in [6.07, 6.45) is 5.39. The first-order valence-corrected chi connectivity index (χ1v) is 13.7. The Kier molecular flexibility index (Phi) is 5.50. The minimum atomic E-state index is -0.655. The number of benzene rings is 4. The summed E-state index contributed by atoms with van der Waals surface area (Å²) in [6.45, 7) is 7.11. The number of aromatic hydroxyl groups is 1. The van der Waals surface area contributed by atoms with Crippen molar-refractivity contribution in [3.05, 3.63) is 109 Å². The summed E-state index contributed by atoms with van der Waals surface area (Å²) in [5, 5.41) is 28.3. The van der Waals surface area contributed by atoms with E-state index in [1.165, 1.54) is 27.1 Å². The number of aromatic nitrogens is 1. The van der Waals surface area contributed by atoms with Crippen LogP contribution in [0.15, 0.2) is 97.7 Å². The van der Waals surface area contributed by atoms with Crippen LogP contribution in [0.4, 0.5) is 0 Å². The van der Waals surface area contributed by atoms with Crippen molar-refractivity contribution in [2.24, 2.45) is 11.8 Å². The Morgan fingerprint density at radius 1 is 0.947 bits per heavy atom. The molecule has 0 radical (unpaired) electrons. The van der Waals surface area contributed by atoms with Crippen LogP contribution in [-0.4, -0.2) is 38.8 Å². The molecule has 2 bridgehead atoms. The van der Waals surface area contributed by atoms with Crippen molar-refractivity contribution < 1.29 is 14.7 Å². The number of phenolic OH excluding ortho intramolecular Hbond substituents is 1. The highest BCUT2D eigenvalue weighted by atomic mass is 16.3. The zero-order chi connectivity index (χ0) is 25.9.